The molecular formula is C21H30N2O3. The first-order valence-corrected chi connectivity index (χ1v) is 9.91. The minimum absolute atomic E-state index is 0.00404. The Morgan fingerprint density at radius 3 is 2.69 bits per heavy atom. The largest absolute Gasteiger partial charge is 0.393 e. The highest BCUT2D eigenvalue weighted by Gasteiger charge is 2.34. The van der Waals surface area contributed by atoms with Gasteiger partial charge in [0.15, 0.2) is 0 Å². The SMILES string of the molecule is O=C(CCN1CCCCCC1=O)NC(Cc1ccccc1)C1CC(O)C1. The predicted molar refractivity (Wildman–Crippen MR) is 100 cm³/mol. The summed E-state index contributed by atoms with van der Waals surface area (Å²) in [5.74, 6) is 0.511. The summed E-state index contributed by atoms with van der Waals surface area (Å²) < 4.78 is 0. The monoisotopic (exact) mass is 358 g/mol. The van der Waals surface area contributed by atoms with E-state index in [0.29, 0.717) is 25.3 Å². The molecule has 1 saturated carbocycles. The molecule has 0 bridgehead atoms. The standard InChI is InChI=1S/C21H30N2O3/c24-18-14-17(15-18)19(13-16-7-3-1-4-8-16)22-20(25)10-12-23-11-6-2-5-9-21(23)26/h1,3-4,7-8,17-19,24H,2,5-6,9-15H2,(H,22,25). The van der Waals surface area contributed by atoms with Crippen molar-refractivity contribution in [2.45, 2.75) is 63.5 Å². The van der Waals surface area contributed by atoms with E-state index < -0.39 is 0 Å². The zero-order valence-corrected chi connectivity index (χ0v) is 15.4. The number of likely N-dealkylation sites (tertiary alicyclic amines) is 1. The molecule has 2 N–H and O–H groups in total. The molecule has 2 aliphatic rings. The van der Waals surface area contributed by atoms with Crippen LogP contribution in [0.2, 0.25) is 0 Å². The molecule has 2 amide bonds. The van der Waals surface area contributed by atoms with Crippen LogP contribution in [0.15, 0.2) is 30.3 Å². The zero-order chi connectivity index (χ0) is 18.4. The fourth-order valence-electron chi connectivity index (χ4n) is 3.95. The molecule has 1 aliphatic carbocycles. The average molecular weight is 358 g/mol. The molecule has 5 nitrogen and oxygen atoms in total. The lowest BCUT2D eigenvalue weighted by Crippen LogP contribution is -2.48. The number of nitrogens with zero attached hydrogens (tertiary/aromatic N) is 1. The van der Waals surface area contributed by atoms with Gasteiger partial charge in [0.25, 0.3) is 0 Å². The van der Waals surface area contributed by atoms with Gasteiger partial charge in [0.2, 0.25) is 11.8 Å². The van der Waals surface area contributed by atoms with Crippen LogP contribution in [0.3, 0.4) is 0 Å². The summed E-state index contributed by atoms with van der Waals surface area (Å²) in [6, 6.07) is 10.2. The van der Waals surface area contributed by atoms with E-state index in [9.17, 15) is 14.7 Å². The molecule has 0 spiro atoms. The van der Waals surface area contributed by atoms with Gasteiger partial charge in [-0.15, -0.1) is 0 Å². The minimum Gasteiger partial charge on any atom is -0.393 e. The number of hydrogen-bond donors (Lipinski definition) is 2. The van der Waals surface area contributed by atoms with Gasteiger partial charge in [0, 0.05) is 32.0 Å². The van der Waals surface area contributed by atoms with Gasteiger partial charge in [-0.1, -0.05) is 36.8 Å². The average Bonchev–Trinajstić information content (AvgIpc) is 2.82. The fraction of sp³-hybridized carbons (Fsp3) is 0.619. The molecule has 1 saturated heterocycles. The molecule has 0 radical (unpaired) electrons. The highest BCUT2D eigenvalue weighted by Crippen LogP contribution is 2.31. The molecule has 1 aromatic rings. The Balaban J connectivity index is 1.52. The summed E-state index contributed by atoms with van der Waals surface area (Å²) in [7, 11) is 0. The minimum atomic E-state index is -0.232. The molecule has 5 heteroatoms. The van der Waals surface area contributed by atoms with Crippen LogP contribution < -0.4 is 5.32 Å². The van der Waals surface area contributed by atoms with Gasteiger partial charge in [-0.3, -0.25) is 9.59 Å². The maximum atomic E-state index is 12.5. The van der Waals surface area contributed by atoms with Crippen LogP contribution in [0, 0.1) is 5.92 Å². The van der Waals surface area contributed by atoms with Gasteiger partial charge in [0.05, 0.1) is 6.10 Å². The van der Waals surface area contributed by atoms with Gasteiger partial charge < -0.3 is 15.3 Å². The van der Waals surface area contributed by atoms with Gasteiger partial charge in [-0.05, 0) is 43.6 Å². The third kappa shape index (κ3) is 5.31. The maximum absolute atomic E-state index is 12.5. The van der Waals surface area contributed by atoms with E-state index in [0.717, 1.165) is 45.1 Å². The number of aliphatic hydroxyl groups is 1. The quantitative estimate of drug-likeness (QED) is 0.786. The summed E-state index contributed by atoms with van der Waals surface area (Å²) in [4.78, 5) is 26.4. The van der Waals surface area contributed by atoms with Crippen molar-refractivity contribution in [3.63, 3.8) is 0 Å². The van der Waals surface area contributed by atoms with Crippen molar-refractivity contribution < 1.29 is 14.7 Å². The summed E-state index contributed by atoms with van der Waals surface area (Å²) in [5.41, 5.74) is 1.20. The second-order valence-electron chi connectivity index (χ2n) is 7.69. The van der Waals surface area contributed by atoms with E-state index in [2.05, 4.69) is 17.4 Å². The van der Waals surface area contributed by atoms with Gasteiger partial charge >= 0.3 is 0 Å². The Hall–Kier alpha value is -1.88. The Bertz CT molecular complexity index is 599. The third-order valence-corrected chi connectivity index (χ3v) is 5.64. The molecular weight excluding hydrogens is 328 g/mol. The van der Waals surface area contributed by atoms with E-state index in [1.54, 1.807) is 0 Å². The number of nitrogens with one attached hydrogen (secondary N) is 1. The summed E-state index contributed by atoms with van der Waals surface area (Å²) >= 11 is 0. The lowest BCUT2D eigenvalue weighted by molar-refractivity contribution is -0.131. The Morgan fingerprint density at radius 2 is 1.96 bits per heavy atom. The van der Waals surface area contributed by atoms with Crippen molar-refractivity contribution in [1.82, 2.24) is 10.2 Å². The van der Waals surface area contributed by atoms with E-state index in [-0.39, 0.29) is 24.0 Å². The van der Waals surface area contributed by atoms with Gasteiger partial charge in [-0.25, -0.2) is 0 Å². The van der Waals surface area contributed by atoms with E-state index in [4.69, 9.17) is 0 Å². The summed E-state index contributed by atoms with van der Waals surface area (Å²) in [6.45, 7) is 1.28. The summed E-state index contributed by atoms with van der Waals surface area (Å²) in [5, 5.41) is 12.8. The fourth-order valence-corrected chi connectivity index (χ4v) is 3.95. The van der Waals surface area contributed by atoms with Crippen LogP contribution in [0.5, 0.6) is 0 Å². The Labute approximate surface area is 155 Å². The van der Waals surface area contributed by atoms with Crippen molar-refractivity contribution in [3.8, 4) is 0 Å². The highest BCUT2D eigenvalue weighted by molar-refractivity contribution is 5.79. The van der Waals surface area contributed by atoms with Crippen LogP contribution in [0.4, 0.5) is 0 Å². The Kier molecular flexibility index (Phi) is 6.67. The van der Waals surface area contributed by atoms with Crippen molar-refractivity contribution in [3.05, 3.63) is 35.9 Å². The number of aliphatic hydroxyl groups excluding tert-OH is 1. The van der Waals surface area contributed by atoms with Crippen molar-refractivity contribution in [2.24, 2.45) is 5.92 Å². The molecule has 1 heterocycles. The predicted octanol–water partition coefficient (Wildman–Crippen LogP) is 2.28. The molecule has 1 aliphatic heterocycles. The van der Waals surface area contributed by atoms with Gasteiger partial charge in [0.1, 0.15) is 0 Å². The van der Waals surface area contributed by atoms with Crippen molar-refractivity contribution in [2.75, 3.05) is 13.1 Å². The molecule has 0 aromatic heterocycles. The second-order valence-corrected chi connectivity index (χ2v) is 7.69. The van der Waals surface area contributed by atoms with Crippen LogP contribution in [-0.4, -0.2) is 47.1 Å². The van der Waals surface area contributed by atoms with E-state index >= 15 is 0 Å². The number of carbonyl (C=O) groups is 2. The Morgan fingerprint density at radius 1 is 1.19 bits per heavy atom. The number of carbonyl (C=O) groups excluding carboxylic acids is 2. The smallest absolute Gasteiger partial charge is 0.222 e. The third-order valence-electron chi connectivity index (χ3n) is 5.64. The second kappa shape index (κ2) is 9.17. The summed E-state index contributed by atoms with van der Waals surface area (Å²) in [6.07, 6.45) is 6.11. The molecule has 1 atom stereocenters. The topological polar surface area (TPSA) is 69.6 Å². The first-order valence-electron chi connectivity index (χ1n) is 9.91. The van der Waals surface area contributed by atoms with Crippen LogP contribution in [0.1, 0.15) is 50.5 Å². The molecule has 3 rings (SSSR count). The van der Waals surface area contributed by atoms with Gasteiger partial charge in [-0.2, -0.15) is 0 Å². The van der Waals surface area contributed by atoms with Crippen molar-refractivity contribution >= 4 is 11.8 Å². The highest BCUT2D eigenvalue weighted by atomic mass is 16.3. The van der Waals surface area contributed by atoms with Crippen LogP contribution in [0.25, 0.3) is 0 Å². The van der Waals surface area contributed by atoms with Crippen LogP contribution >= 0.6 is 0 Å². The lowest BCUT2D eigenvalue weighted by Gasteiger charge is -2.38. The molecule has 142 valence electrons. The van der Waals surface area contributed by atoms with Crippen LogP contribution in [-0.2, 0) is 16.0 Å². The normalized spacial score (nSPS) is 24.5. The number of amides is 2. The first kappa shape index (κ1) is 18.9. The number of hydrogen-bond acceptors (Lipinski definition) is 3. The number of rotatable bonds is 7. The molecule has 2 fully saturated rings. The first-order chi connectivity index (χ1) is 12.6. The van der Waals surface area contributed by atoms with Crippen molar-refractivity contribution in [1.29, 1.82) is 0 Å². The van der Waals surface area contributed by atoms with E-state index in [1.165, 1.54) is 5.56 Å². The maximum Gasteiger partial charge on any atom is 0.222 e. The molecule has 1 aromatic carbocycles. The molecule has 26 heavy (non-hydrogen) atoms. The number of benzene rings is 1. The lowest BCUT2D eigenvalue weighted by atomic mass is 9.75. The molecule has 1 unspecified atom stereocenters. The van der Waals surface area contributed by atoms with E-state index in [1.807, 2.05) is 23.1 Å². The zero-order valence-electron chi connectivity index (χ0n) is 15.4.